The number of amides is 5. The van der Waals surface area contributed by atoms with Crippen LogP contribution in [-0.2, 0) is 9.53 Å². The van der Waals surface area contributed by atoms with E-state index in [1.165, 1.54) is 4.90 Å². The Hall–Kier alpha value is -6.60. The molecule has 5 aromatic rings. The van der Waals surface area contributed by atoms with Gasteiger partial charge in [-0.05, 0) is 87.6 Å². The van der Waals surface area contributed by atoms with E-state index in [0.717, 1.165) is 105 Å². The number of phenolic OH excluding ortho intramolecular Hbond substituents is 1. The second-order valence-electron chi connectivity index (χ2n) is 18.8. The molecule has 1 spiro atoms. The number of carbonyl (C=O) groups excluding carboxylic acids is 4. The maximum absolute atomic E-state index is 14.2. The minimum absolute atomic E-state index is 0.0703. The van der Waals surface area contributed by atoms with Crippen LogP contribution in [0.5, 0.6) is 5.75 Å². The number of likely N-dealkylation sites (tertiary alicyclic amines) is 1. The molecule has 3 aromatic carbocycles. The van der Waals surface area contributed by atoms with Crippen molar-refractivity contribution in [2.24, 2.45) is 5.92 Å². The van der Waals surface area contributed by atoms with Gasteiger partial charge in [0.2, 0.25) is 11.7 Å². The SMILES string of the molecule is Cc1ccc(C(=O)N2CCC3(CC2)CC(N2CCN(c4cnc(-c5ccc6cn([C@H]7CC[C@H](CNC(=O)c8cc(F)c(O)c(F)c8F)CC7)nc6c5)cn4)CC2)CO3)cc1N1CCC(=O)NC1=O. The largest absolute Gasteiger partial charge is 0.503 e. The first-order valence-corrected chi connectivity index (χ1v) is 23.4. The maximum atomic E-state index is 14.2. The number of ether oxygens (including phenoxy) is 1. The van der Waals surface area contributed by atoms with E-state index in [2.05, 4.69) is 20.4 Å². The number of phenols is 1. The van der Waals surface area contributed by atoms with Crippen LogP contribution in [-0.4, -0.2) is 129 Å². The summed E-state index contributed by atoms with van der Waals surface area (Å²) in [6.07, 6.45) is 11.5. The van der Waals surface area contributed by atoms with Gasteiger partial charge in [0.1, 0.15) is 5.82 Å². The lowest BCUT2D eigenvalue weighted by Crippen LogP contribution is -2.51. The molecule has 6 heterocycles. The Kier molecular flexibility index (Phi) is 12.3. The minimum Gasteiger partial charge on any atom is -0.503 e. The summed E-state index contributed by atoms with van der Waals surface area (Å²) in [5.74, 6) is -6.59. The normalized spacial score (nSPS) is 22.2. The van der Waals surface area contributed by atoms with E-state index in [-0.39, 0.29) is 48.9 Å². The van der Waals surface area contributed by atoms with Crippen molar-refractivity contribution in [2.45, 2.75) is 76.0 Å². The number of hydrogen-bond donors (Lipinski definition) is 3. The fourth-order valence-corrected chi connectivity index (χ4v) is 10.6. The van der Waals surface area contributed by atoms with Gasteiger partial charge in [0.05, 0.1) is 47.4 Å². The zero-order valence-electron chi connectivity index (χ0n) is 37.7. The van der Waals surface area contributed by atoms with Gasteiger partial charge in [-0.15, -0.1) is 0 Å². The fraction of sp³-hybridized carbons (Fsp3) is 0.449. The van der Waals surface area contributed by atoms with Crippen LogP contribution in [0.1, 0.15) is 83.7 Å². The van der Waals surface area contributed by atoms with Crippen LogP contribution in [0.3, 0.4) is 0 Å². The summed E-state index contributed by atoms with van der Waals surface area (Å²) in [5, 5.41) is 20.1. The molecule has 3 N–H and O–H groups in total. The summed E-state index contributed by atoms with van der Waals surface area (Å²) in [4.78, 5) is 68.2. The zero-order valence-corrected chi connectivity index (χ0v) is 37.7. The number of carbonyl (C=O) groups is 4. The molecule has 4 aliphatic heterocycles. The van der Waals surface area contributed by atoms with Crippen LogP contribution in [0.15, 0.2) is 61.1 Å². The van der Waals surface area contributed by atoms with E-state index in [4.69, 9.17) is 19.8 Å². The quantitative estimate of drug-likeness (QED) is 0.145. The second kappa shape index (κ2) is 18.5. The van der Waals surface area contributed by atoms with Gasteiger partial charge >= 0.3 is 6.03 Å². The standard InChI is InChI=1S/C49H53F3N10O6/c1-29-2-5-32(21-40(29)61-13-10-42(63)56-48(61)67)47(66)60-14-11-49(12-15-60)23-35(28-68-49)58-16-18-59(19-17-58)41-26-53-39(25-54-41)31-6-7-33-27-62(57-38(33)20-31)34-8-3-30(4-9-34)24-55-46(65)36-22-37(50)45(64)44(52)43(36)51/h2,5-7,20-22,25-27,30,34-35,64H,3-4,8-19,23-24,28H2,1H3,(H,55,65)(H,56,63,67)/t30-,34-,35?. The van der Waals surface area contributed by atoms with Gasteiger partial charge in [-0.2, -0.15) is 9.49 Å². The first-order chi connectivity index (χ1) is 32.8. The summed E-state index contributed by atoms with van der Waals surface area (Å²) in [5.41, 5.74) is 3.48. The number of piperidine rings is 1. The van der Waals surface area contributed by atoms with Gasteiger partial charge in [-0.1, -0.05) is 18.2 Å². The van der Waals surface area contributed by atoms with Crippen molar-refractivity contribution in [1.82, 2.24) is 40.2 Å². The highest BCUT2D eigenvalue weighted by Crippen LogP contribution is 2.39. The topological polar surface area (TPSA) is 178 Å². The number of aromatic hydroxyl groups is 1. The Morgan fingerprint density at radius 3 is 2.41 bits per heavy atom. The van der Waals surface area contributed by atoms with E-state index in [0.29, 0.717) is 43.1 Å². The first-order valence-electron chi connectivity index (χ1n) is 23.4. The summed E-state index contributed by atoms with van der Waals surface area (Å²) >= 11 is 0. The van der Waals surface area contributed by atoms with E-state index >= 15 is 0 Å². The number of nitrogens with zero attached hydrogens (tertiary/aromatic N) is 8. The number of nitrogens with one attached hydrogen (secondary N) is 2. The van der Waals surface area contributed by atoms with E-state index < -0.39 is 40.7 Å². The number of urea groups is 1. The van der Waals surface area contributed by atoms with Crippen LogP contribution in [0.2, 0.25) is 0 Å². The molecule has 10 rings (SSSR count). The zero-order chi connectivity index (χ0) is 47.3. The van der Waals surface area contributed by atoms with E-state index in [9.17, 15) is 37.5 Å². The van der Waals surface area contributed by atoms with Crippen molar-refractivity contribution >= 4 is 46.2 Å². The number of hydrogen-bond acceptors (Lipinski definition) is 11. The van der Waals surface area contributed by atoms with Gasteiger partial charge in [0.15, 0.2) is 17.4 Å². The summed E-state index contributed by atoms with van der Waals surface area (Å²) < 4.78 is 50.2. The second-order valence-corrected chi connectivity index (χ2v) is 18.8. The Morgan fingerprint density at radius 2 is 1.68 bits per heavy atom. The highest BCUT2D eigenvalue weighted by atomic mass is 19.2. The number of aromatic nitrogens is 4. The first kappa shape index (κ1) is 45.2. The average molecular weight is 935 g/mol. The van der Waals surface area contributed by atoms with E-state index in [1.54, 1.807) is 12.1 Å². The van der Waals surface area contributed by atoms with Gasteiger partial charge in [0.25, 0.3) is 11.8 Å². The third-order valence-electron chi connectivity index (χ3n) is 14.7. The van der Waals surface area contributed by atoms with Crippen molar-refractivity contribution < 1.29 is 42.2 Å². The lowest BCUT2D eigenvalue weighted by molar-refractivity contribution is -0.120. The molecule has 1 aliphatic carbocycles. The number of fused-ring (bicyclic) bond motifs is 1. The third kappa shape index (κ3) is 8.96. The van der Waals surface area contributed by atoms with Crippen LogP contribution in [0.4, 0.5) is 29.5 Å². The number of benzene rings is 3. The highest BCUT2D eigenvalue weighted by molar-refractivity contribution is 6.06. The van der Waals surface area contributed by atoms with Gasteiger partial charge in [-0.25, -0.2) is 18.6 Å². The molecule has 1 atom stereocenters. The van der Waals surface area contributed by atoms with Crippen molar-refractivity contribution in [2.75, 3.05) is 68.8 Å². The summed E-state index contributed by atoms with van der Waals surface area (Å²) in [6, 6.07) is 12.0. The Balaban J connectivity index is 0.678. The van der Waals surface area contributed by atoms with Gasteiger partial charge in [0, 0.05) is 93.2 Å². The van der Waals surface area contributed by atoms with Gasteiger partial charge in [-0.3, -0.25) is 39.2 Å². The lowest BCUT2D eigenvalue weighted by Gasteiger charge is -2.40. The fourth-order valence-electron chi connectivity index (χ4n) is 10.6. The van der Waals surface area contributed by atoms with Crippen molar-refractivity contribution in [3.8, 4) is 17.0 Å². The molecule has 19 heteroatoms. The molecular weight excluding hydrogens is 882 g/mol. The van der Waals surface area contributed by atoms with Crippen molar-refractivity contribution in [1.29, 1.82) is 0 Å². The molecule has 5 aliphatic rings. The Bertz CT molecular complexity index is 2770. The van der Waals surface area contributed by atoms with E-state index in [1.807, 2.05) is 59.4 Å². The molecule has 356 valence electrons. The molecule has 68 heavy (non-hydrogen) atoms. The van der Waals surface area contributed by atoms with Crippen molar-refractivity contribution in [3.05, 3.63) is 95.2 Å². The Labute approximate surface area is 390 Å². The predicted molar refractivity (Wildman–Crippen MR) is 245 cm³/mol. The summed E-state index contributed by atoms with van der Waals surface area (Å²) in [6.45, 7) is 7.63. The number of halogens is 3. The molecule has 4 saturated heterocycles. The van der Waals surface area contributed by atoms with Crippen LogP contribution in [0, 0.1) is 30.3 Å². The third-order valence-corrected chi connectivity index (χ3v) is 14.7. The molecule has 1 saturated carbocycles. The number of rotatable bonds is 9. The lowest BCUT2D eigenvalue weighted by atomic mass is 9.86. The Morgan fingerprint density at radius 1 is 0.897 bits per heavy atom. The van der Waals surface area contributed by atoms with Gasteiger partial charge < -0.3 is 25.0 Å². The van der Waals surface area contributed by atoms with Crippen LogP contribution in [0.25, 0.3) is 22.2 Å². The monoisotopic (exact) mass is 934 g/mol. The number of piperazine rings is 1. The molecular formula is C49H53F3N10O6. The van der Waals surface area contributed by atoms with Crippen LogP contribution >= 0.6 is 0 Å². The molecule has 5 fully saturated rings. The maximum Gasteiger partial charge on any atom is 0.328 e. The summed E-state index contributed by atoms with van der Waals surface area (Å²) in [7, 11) is 0. The average Bonchev–Trinajstić information content (AvgIpc) is 3.99. The smallest absolute Gasteiger partial charge is 0.328 e. The number of anilines is 2. The van der Waals surface area contributed by atoms with Crippen molar-refractivity contribution in [3.63, 3.8) is 0 Å². The molecule has 0 bridgehead atoms. The molecule has 2 aromatic heterocycles. The number of aryl methyl sites for hydroxylation is 1. The molecule has 5 amide bonds. The highest BCUT2D eigenvalue weighted by Gasteiger charge is 2.45. The molecule has 1 unspecified atom stereocenters. The number of imide groups is 1. The predicted octanol–water partition coefficient (Wildman–Crippen LogP) is 6.12. The molecule has 0 radical (unpaired) electrons. The minimum atomic E-state index is -1.79. The molecule has 16 nitrogen and oxygen atoms in total. The van der Waals surface area contributed by atoms with Crippen LogP contribution < -0.4 is 20.4 Å².